The summed E-state index contributed by atoms with van der Waals surface area (Å²) in [7, 11) is 1.57. The van der Waals surface area contributed by atoms with Crippen molar-refractivity contribution in [3.8, 4) is 0 Å². The van der Waals surface area contributed by atoms with Gasteiger partial charge in [-0.25, -0.2) is 0 Å². The first kappa shape index (κ1) is 24.7. The van der Waals surface area contributed by atoms with E-state index in [0.29, 0.717) is 28.8 Å². The highest BCUT2D eigenvalue weighted by Crippen LogP contribution is 2.38. The van der Waals surface area contributed by atoms with Gasteiger partial charge in [0, 0.05) is 30.6 Å². The molecule has 0 radical (unpaired) electrons. The van der Waals surface area contributed by atoms with Gasteiger partial charge in [0.25, 0.3) is 5.91 Å². The maximum atomic E-state index is 13.7. The maximum absolute atomic E-state index is 13.7. The summed E-state index contributed by atoms with van der Waals surface area (Å²) in [5.41, 5.74) is 3.78. The molecule has 8 heteroatoms. The van der Waals surface area contributed by atoms with Crippen LogP contribution in [0.5, 0.6) is 0 Å². The fourth-order valence-electron chi connectivity index (χ4n) is 4.21. The van der Waals surface area contributed by atoms with E-state index in [-0.39, 0.29) is 30.9 Å². The Hall–Kier alpha value is -2.38. The quantitative estimate of drug-likeness (QED) is 0.409. The van der Waals surface area contributed by atoms with Crippen molar-refractivity contribution in [2.24, 2.45) is 0 Å². The molecule has 0 spiro atoms. The number of hydrogen-bond donors (Lipinski definition) is 0. The SMILES string of the molecule is COCCN(CC(=O)N1CCc2sccc2C1c1ccc(C)cc1)C(=O)c1ccc(Cl)c(Cl)c1. The lowest BCUT2D eigenvalue weighted by Crippen LogP contribution is -2.47. The van der Waals surface area contributed by atoms with E-state index in [2.05, 4.69) is 35.7 Å². The van der Waals surface area contributed by atoms with Gasteiger partial charge in [-0.2, -0.15) is 0 Å². The molecule has 2 aromatic carbocycles. The molecule has 1 aromatic heterocycles. The summed E-state index contributed by atoms with van der Waals surface area (Å²) < 4.78 is 5.20. The molecule has 0 saturated heterocycles. The summed E-state index contributed by atoms with van der Waals surface area (Å²) in [6.07, 6.45) is 0.805. The third-order valence-electron chi connectivity index (χ3n) is 6.02. The molecule has 0 aliphatic carbocycles. The number of hydrogen-bond acceptors (Lipinski definition) is 4. The van der Waals surface area contributed by atoms with E-state index >= 15 is 0 Å². The van der Waals surface area contributed by atoms with Crippen LogP contribution in [0.3, 0.4) is 0 Å². The molecule has 2 heterocycles. The van der Waals surface area contributed by atoms with Crippen LogP contribution in [0.25, 0.3) is 0 Å². The molecule has 1 unspecified atom stereocenters. The van der Waals surface area contributed by atoms with Gasteiger partial charge in [0.05, 0.1) is 22.7 Å². The van der Waals surface area contributed by atoms with Gasteiger partial charge >= 0.3 is 0 Å². The minimum absolute atomic E-state index is 0.0513. The molecule has 0 N–H and O–H groups in total. The minimum Gasteiger partial charge on any atom is -0.383 e. The molecule has 3 aromatic rings. The van der Waals surface area contributed by atoms with E-state index in [4.69, 9.17) is 27.9 Å². The largest absolute Gasteiger partial charge is 0.383 e. The Kier molecular flexibility index (Phi) is 7.94. The second kappa shape index (κ2) is 10.9. The molecular formula is C26H26Cl2N2O3S. The van der Waals surface area contributed by atoms with Crippen LogP contribution in [0.1, 0.15) is 38.0 Å². The van der Waals surface area contributed by atoms with Crippen molar-refractivity contribution in [1.29, 1.82) is 0 Å². The molecule has 5 nitrogen and oxygen atoms in total. The predicted octanol–water partition coefficient (Wildman–Crippen LogP) is 5.63. The van der Waals surface area contributed by atoms with Crippen LogP contribution in [0.2, 0.25) is 10.0 Å². The average molecular weight is 517 g/mol. The number of aryl methyl sites for hydroxylation is 1. The van der Waals surface area contributed by atoms with Gasteiger partial charge in [-0.3, -0.25) is 9.59 Å². The van der Waals surface area contributed by atoms with Crippen molar-refractivity contribution in [2.45, 2.75) is 19.4 Å². The van der Waals surface area contributed by atoms with Gasteiger partial charge < -0.3 is 14.5 Å². The van der Waals surface area contributed by atoms with Crippen LogP contribution in [0, 0.1) is 6.92 Å². The number of ether oxygens (including phenoxy) is 1. The van der Waals surface area contributed by atoms with E-state index in [1.54, 1.807) is 30.6 Å². The van der Waals surface area contributed by atoms with Gasteiger partial charge in [-0.05, 0) is 54.1 Å². The number of carbonyl (C=O) groups is 2. The Labute approximate surface area is 213 Å². The smallest absolute Gasteiger partial charge is 0.254 e. The molecule has 1 aliphatic rings. The number of benzene rings is 2. The van der Waals surface area contributed by atoms with Crippen LogP contribution in [0.4, 0.5) is 0 Å². The number of rotatable bonds is 7. The highest BCUT2D eigenvalue weighted by molar-refractivity contribution is 7.10. The third kappa shape index (κ3) is 5.31. The first-order valence-electron chi connectivity index (χ1n) is 11.0. The average Bonchev–Trinajstić information content (AvgIpc) is 3.32. The summed E-state index contributed by atoms with van der Waals surface area (Å²) in [6, 6.07) is 15.0. The Bertz CT molecular complexity index is 1180. The van der Waals surface area contributed by atoms with E-state index in [1.165, 1.54) is 21.4 Å². The molecule has 0 fully saturated rings. The highest BCUT2D eigenvalue weighted by atomic mass is 35.5. The highest BCUT2D eigenvalue weighted by Gasteiger charge is 2.34. The Morgan fingerprint density at radius 2 is 1.88 bits per heavy atom. The summed E-state index contributed by atoms with van der Waals surface area (Å²) in [5.74, 6) is -0.393. The summed E-state index contributed by atoms with van der Waals surface area (Å²) >= 11 is 13.9. The monoisotopic (exact) mass is 516 g/mol. The van der Waals surface area contributed by atoms with E-state index < -0.39 is 0 Å². The van der Waals surface area contributed by atoms with Crippen LogP contribution in [-0.2, 0) is 16.0 Å². The number of halogens is 2. The van der Waals surface area contributed by atoms with Crippen LogP contribution >= 0.6 is 34.5 Å². The zero-order chi connectivity index (χ0) is 24.2. The number of methoxy groups -OCH3 is 1. The topological polar surface area (TPSA) is 49.9 Å². The molecular weight excluding hydrogens is 491 g/mol. The first-order valence-corrected chi connectivity index (χ1v) is 12.7. The Balaban J connectivity index is 1.61. The zero-order valence-corrected chi connectivity index (χ0v) is 21.4. The van der Waals surface area contributed by atoms with Crippen LogP contribution < -0.4 is 0 Å². The number of thiophene rings is 1. The fourth-order valence-corrected chi connectivity index (χ4v) is 5.41. The fraction of sp³-hybridized carbons (Fsp3) is 0.308. The van der Waals surface area contributed by atoms with Gasteiger partial charge in [-0.1, -0.05) is 53.0 Å². The standard InChI is InChI=1S/C26H26Cl2N2O3S/c1-17-3-5-18(6-4-17)25-20-10-14-34-23(20)9-11-30(25)24(31)16-29(12-13-33-2)26(32)19-7-8-21(27)22(28)15-19/h3-8,10,14-15,25H,9,11-13,16H2,1-2H3. The molecule has 0 saturated carbocycles. The summed E-state index contributed by atoms with van der Waals surface area (Å²) in [4.78, 5) is 31.6. The Morgan fingerprint density at radius 3 is 2.59 bits per heavy atom. The molecule has 4 rings (SSSR count). The third-order valence-corrected chi connectivity index (χ3v) is 7.76. The molecule has 34 heavy (non-hydrogen) atoms. The zero-order valence-electron chi connectivity index (χ0n) is 19.1. The van der Waals surface area contributed by atoms with E-state index in [1.807, 2.05) is 11.8 Å². The van der Waals surface area contributed by atoms with Crippen LogP contribution in [0.15, 0.2) is 53.9 Å². The lowest BCUT2D eigenvalue weighted by molar-refractivity contribution is -0.134. The van der Waals surface area contributed by atoms with Gasteiger partial charge in [0.1, 0.15) is 6.54 Å². The number of nitrogens with zero attached hydrogens (tertiary/aromatic N) is 2. The second-order valence-electron chi connectivity index (χ2n) is 8.30. The van der Waals surface area contributed by atoms with Crippen molar-refractivity contribution >= 4 is 46.4 Å². The summed E-state index contributed by atoms with van der Waals surface area (Å²) in [6.45, 7) is 3.20. The number of fused-ring (bicyclic) bond motifs is 1. The predicted molar refractivity (Wildman–Crippen MR) is 137 cm³/mol. The van der Waals surface area contributed by atoms with Crippen molar-refractivity contribution in [3.05, 3.63) is 91.1 Å². The maximum Gasteiger partial charge on any atom is 0.254 e. The van der Waals surface area contributed by atoms with Gasteiger partial charge in [0.15, 0.2) is 0 Å². The molecule has 2 amide bonds. The Morgan fingerprint density at radius 1 is 1.12 bits per heavy atom. The number of carbonyl (C=O) groups excluding carboxylic acids is 2. The normalized spacial score (nSPS) is 15.2. The van der Waals surface area contributed by atoms with Crippen molar-refractivity contribution < 1.29 is 14.3 Å². The molecule has 1 aliphatic heterocycles. The van der Waals surface area contributed by atoms with Gasteiger partial charge in [-0.15, -0.1) is 11.3 Å². The van der Waals surface area contributed by atoms with Crippen molar-refractivity contribution in [3.63, 3.8) is 0 Å². The second-order valence-corrected chi connectivity index (χ2v) is 10.1. The first-order chi connectivity index (χ1) is 16.4. The molecule has 0 bridgehead atoms. The van der Waals surface area contributed by atoms with E-state index in [0.717, 1.165) is 17.5 Å². The van der Waals surface area contributed by atoms with Gasteiger partial charge in [0.2, 0.25) is 5.91 Å². The lowest BCUT2D eigenvalue weighted by atomic mass is 9.92. The molecule has 178 valence electrons. The number of amides is 2. The van der Waals surface area contributed by atoms with E-state index in [9.17, 15) is 9.59 Å². The van der Waals surface area contributed by atoms with Crippen LogP contribution in [-0.4, -0.2) is 55.0 Å². The van der Waals surface area contributed by atoms with Crippen molar-refractivity contribution in [2.75, 3.05) is 33.4 Å². The molecule has 1 atom stereocenters. The lowest BCUT2D eigenvalue weighted by Gasteiger charge is -2.37. The minimum atomic E-state index is -0.288. The summed E-state index contributed by atoms with van der Waals surface area (Å²) in [5, 5.41) is 2.75. The van der Waals surface area contributed by atoms with Crippen molar-refractivity contribution in [1.82, 2.24) is 9.80 Å².